The largest absolute Gasteiger partial charge is 0.465 e. The first kappa shape index (κ1) is 18.7. The number of hydrogen-bond acceptors (Lipinski definition) is 5. The minimum Gasteiger partial charge on any atom is -0.465 e. The number of esters is 1. The van der Waals surface area contributed by atoms with Gasteiger partial charge in [0.1, 0.15) is 18.2 Å². The van der Waals surface area contributed by atoms with Crippen LogP contribution in [0.2, 0.25) is 5.02 Å². The third-order valence-corrected chi connectivity index (χ3v) is 5.47. The number of carbonyl (C=O) groups excluding carboxylic acids is 2. The van der Waals surface area contributed by atoms with Crippen molar-refractivity contribution in [2.45, 2.75) is 25.6 Å². The highest BCUT2D eigenvalue weighted by Crippen LogP contribution is 2.43. The summed E-state index contributed by atoms with van der Waals surface area (Å²) in [7, 11) is 0. The van der Waals surface area contributed by atoms with Crippen molar-refractivity contribution < 1.29 is 18.7 Å². The number of fused-ring (bicyclic) bond motifs is 1. The lowest BCUT2D eigenvalue weighted by Crippen LogP contribution is -2.20. The Labute approximate surface area is 159 Å². The fourth-order valence-corrected chi connectivity index (χ4v) is 4.20. The number of amides is 1. The summed E-state index contributed by atoms with van der Waals surface area (Å²) < 4.78 is 19.9. The number of benzene rings is 1. The molecule has 1 aliphatic rings. The Morgan fingerprint density at radius 3 is 3.00 bits per heavy atom. The van der Waals surface area contributed by atoms with Crippen LogP contribution in [0.5, 0.6) is 0 Å². The van der Waals surface area contributed by atoms with Crippen molar-refractivity contribution in [2.24, 2.45) is 0 Å². The fourth-order valence-electron chi connectivity index (χ4n) is 2.83. The zero-order chi connectivity index (χ0) is 18.8. The Morgan fingerprint density at radius 2 is 2.31 bits per heavy atom. The highest BCUT2D eigenvalue weighted by atomic mass is 35.5. The summed E-state index contributed by atoms with van der Waals surface area (Å²) in [6.45, 7) is 3.68. The number of thioether (sulfide) groups is 1. The molecule has 9 heteroatoms. The van der Waals surface area contributed by atoms with Gasteiger partial charge in [0.15, 0.2) is 0 Å². The van der Waals surface area contributed by atoms with Crippen LogP contribution >= 0.6 is 23.4 Å². The smallest absolute Gasteiger partial charge is 0.327 e. The molecule has 0 aliphatic carbocycles. The minimum absolute atomic E-state index is 0.0183. The first-order chi connectivity index (χ1) is 12.4. The second kappa shape index (κ2) is 7.67. The maximum atomic E-state index is 13.5. The summed E-state index contributed by atoms with van der Waals surface area (Å²) in [4.78, 5) is 24.0. The number of ether oxygens (including phenoxy) is 1. The fraction of sp³-hybridized carbons (Fsp3) is 0.353. The van der Waals surface area contributed by atoms with E-state index in [1.165, 1.54) is 22.5 Å². The first-order valence-corrected chi connectivity index (χ1v) is 9.42. The number of rotatable bonds is 4. The quantitative estimate of drug-likeness (QED) is 0.801. The van der Waals surface area contributed by atoms with E-state index in [1.54, 1.807) is 26.0 Å². The Balaban J connectivity index is 2.05. The van der Waals surface area contributed by atoms with Crippen LogP contribution in [0.4, 0.5) is 10.2 Å². The number of nitrogens with zero attached hydrogens (tertiary/aromatic N) is 2. The van der Waals surface area contributed by atoms with Gasteiger partial charge >= 0.3 is 5.97 Å². The monoisotopic (exact) mass is 397 g/mol. The van der Waals surface area contributed by atoms with E-state index in [-0.39, 0.29) is 35.1 Å². The van der Waals surface area contributed by atoms with Crippen molar-refractivity contribution in [1.29, 1.82) is 0 Å². The maximum absolute atomic E-state index is 13.5. The second-order valence-corrected chi connectivity index (χ2v) is 7.22. The molecule has 0 spiro atoms. The van der Waals surface area contributed by atoms with Gasteiger partial charge in [-0.05, 0) is 31.5 Å². The molecule has 1 N–H and O–H groups in total. The summed E-state index contributed by atoms with van der Waals surface area (Å²) in [5.41, 5.74) is 2.20. The SMILES string of the molecule is CCOC(=O)Cn1nc(C)c2c1NC(=O)CS[C@@H]2c1ccc(F)c(Cl)c1. The van der Waals surface area contributed by atoms with Gasteiger partial charge < -0.3 is 10.1 Å². The van der Waals surface area contributed by atoms with Crippen LogP contribution in [-0.2, 0) is 20.9 Å². The van der Waals surface area contributed by atoms with E-state index in [0.29, 0.717) is 11.5 Å². The highest BCUT2D eigenvalue weighted by molar-refractivity contribution is 8.00. The average molecular weight is 398 g/mol. The summed E-state index contributed by atoms with van der Waals surface area (Å²) in [6, 6.07) is 4.49. The zero-order valence-electron chi connectivity index (χ0n) is 14.2. The van der Waals surface area contributed by atoms with Crippen molar-refractivity contribution in [2.75, 3.05) is 17.7 Å². The van der Waals surface area contributed by atoms with Crippen LogP contribution < -0.4 is 5.32 Å². The van der Waals surface area contributed by atoms with E-state index < -0.39 is 11.8 Å². The molecule has 1 aliphatic heterocycles. The van der Waals surface area contributed by atoms with E-state index in [1.807, 2.05) is 0 Å². The molecule has 0 bridgehead atoms. The predicted octanol–water partition coefficient (Wildman–Crippen LogP) is 3.32. The zero-order valence-corrected chi connectivity index (χ0v) is 15.8. The minimum atomic E-state index is -0.502. The molecule has 138 valence electrons. The topological polar surface area (TPSA) is 73.2 Å². The molecule has 0 saturated heterocycles. The second-order valence-electron chi connectivity index (χ2n) is 5.72. The third-order valence-electron chi connectivity index (χ3n) is 3.91. The molecule has 1 aromatic carbocycles. The first-order valence-electron chi connectivity index (χ1n) is 8.00. The van der Waals surface area contributed by atoms with Crippen LogP contribution in [0, 0.1) is 12.7 Å². The Hall–Kier alpha value is -2.06. The van der Waals surface area contributed by atoms with Crippen molar-refractivity contribution in [3.05, 3.63) is 45.9 Å². The standard InChI is InChI=1S/C17H17ClFN3O3S/c1-3-25-14(24)7-22-17-15(9(2)21-22)16(26-8-13(23)20-17)10-4-5-12(19)11(18)6-10/h4-6,16H,3,7-8H2,1-2H3,(H,20,23)/t16-/m1/s1. The van der Waals surface area contributed by atoms with Gasteiger partial charge in [-0.15, -0.1) is 11.8 Å². The van der Waals surface area contributed by atoms with E-state index in [9.17, 15) is 14.0 Å². The number of aryl methyl sites for hydroxylation is 1. The molecule has 0 fully saturated rings. The molecule has 2 heterocycles. The summed E-state index contributed by atoms with van der Waals surface area (Å²) >= 11 is 7.33. The van der Waals surface area contributed by atoms with E-state index in [4.69, 9.17) is 16.3 Å². The van der Waals surface area contributed by atoms with Gasteiger partial charge in [0, 0.05) is 5.56 Å². The number of halogens is 2. The van der Waals surface area contributed by atoms with Gasteiger partial charge in [-0.3, -0.25) is 9.59 Å². The molecule has 0 radical (unpaired) electrons. The molecule has 2 aromatic rings. The lowest BCUT2D eigenvalue weighted by molar-refractivity contribution is -0.144. The number of aromatic nitrogens is 2. The molecule has 1 atom stereocenters. The van der Waals surface area contributed by atoms with Gasteiger partial charge in [0.05, 0.1) is 28.3 Å². The van der Waals surface area contributed by atoms with Crippen molar-refractivity contribution in [3.8, 4) is 0 Å². The average Bonchev–Trinajstić information content (AvgIpc) is 2.77. The van der Waals surface area contributed by atoms with Crippen LogP contribution in [-0.4, -0.2) is 34.0 Å². The van der Waals surface area contributed by atoms with Crippen molar-refractivity contribution in [1.82, 2.24) is 9.78 Å². The van der Waals surface area contributed by atoms with E-state index in [0.717, 1.165) is 11.1 Å². The van der Waals surface area contributed by atoms with Crippen LogP contribution in [0.3, 0.4) is 0 Å². The lowest BCUT2D eigenvalue weighted by Gasteiger charge is -2.16. The molecular weight excluding hydrogens is 381 g/mol. The Morgan fingerprint density at radius 1 is 1.54 bits per heavy atom. The van der Waals surface area contributed by atoms with Crippen LogP contribution in [0.15, 0.2) is 18.2 Å². The summed E-state index contributed by atoms with van der Waals surface area (Å²) in [6.07, 6.45) is 0. The molecular formula is C17H17ClFN3O3S. The summed E-state index contributed by atoms with van der Waals surface area (Å²) in [5.74, 6) is -0.468. The highest BCUT2D eigenvalue weighted by Gasteiger charge is 2.31. The number of hydrogen-bond donors (Lipinski definition) is 1. The Bertz CT molecular complexity index is 871. The molecule has 26 heavy (non-hydrogen) atoms. The van der Waals surface area contributed by atoms with Gasteiger partial charge in [0.2, 0.25) is 5.91 Å². The van der Waals surface area contributed by atoms with Crippen molar-refractivity contribution in [3.63, 3.8) is 0 Å². The number of anilines is 1. The van der Waals surface area contributed by atoms with E-state index >= 15 is 0 Å². The van der Waals surface area contributed by atoms with Gasteiger partial charge in [-0.1, -0.05) is 17.7 Å². The van der Waals surface area contributed by atoms with Gasteiger partial charge in [0.25, 0.3) is 0 Å². The van der Waals surface area contributed by atoms with Gasteiger partial charge in [-0.25, -0.2) is 9.07 Å². The van der Waals surface area contributed by atoms with Crippen molar-refractivity contribution >= 4 is 41.1 Å². The van der Waals surface area contributed by atoms with Crippen LogP contribution in [0.1, 0.15) is 29.0 Å². The molecule has 1 amide bonds. The van der Waals surface area contributed by atoms with Gasteiger partial charge in [-0.2, -0.15) is 5.10 Å². The molecule has 6 nitrogen and oxygen atoms in total. The number of carbonyl (C=O) groups is 2. The summed E-state index contributed by atoms with van der Waals surface area (Å²) in [5, 5.41) is 6.95. The number of nitrogens with one attached hydrogen (secondary N) is 1. The molecule has 0 unspecified atom stereocenters. The normalized spacial score (nSPS) is 16.6. The third kappa shape index (κ3) is 3.71. The predicted molar refractivity (Wildman–Crippen MR) is 97.9 cm³/mol. The molecule has 0 saturated carbocycles. The maximum Gasteiger partial charge on any atom is 0.327 e. The Kier molecular flexibility index (Phi) is 5.52. The lowest BCUT2D eigenvalue weighted by atomic mass is 10.0. The molecule has 3 rings (SSSR count). The molecule has 1 aromatic heterocycles. The van der Waals surface area contributed by atoms with E-state index in [2.05, 4.69) is 10.4 Å². The van der Waals surface area contributed by atoms with Crippen LogP contribution in [0.25, 0.3) is 0 Å².